The van der Waals surface area contributed by atoms with Crippen LogP contribution in [-0.2, 0) is 10.2 Å². The standard InChI is InChI=1S/C20H20N2OS2/c1-20(2,3)14-7-9-15(10-8-14)21-16-6-4-5-13(11-16)12-17-18(23)22-19(24)25-17/h4-12,21H,1-3H3,(H,22,23,24). The quantitative estimate of drug-likeness (QED) is 0.576. The van der Waals surface area contributed by atoms with Gasteiger partial charge >= 0.3 is 0 Å². The zero-order chi connectivity index (χ0) is 18.0. The van der Waals surface area contributed by atoms with Crippen LogP contribution in [0.1, 0.15) is 31.9 Å². The van der Waals surface area contributed by atoms with E-state index in [0.29, 0.717) is 9.23 Å². The van der Waals surface area contributed by atoms with Crippen molar-refractivity contribution in [3.05, 3.63) is 64.6 Å². The van der Waals surface area contributed by atoms with Crippen molar-refractivity contribution in [2.75, 3.05) is 5.32 Å². The van der Waals surface area contributed by atoms with Gasteiger partial charge < -0.3 is 10.6 Å². The first-order valence-corrected chi connectivity index (χ1v) is 9.26. The monoisotopic (exact) mass is 368 g/mol. The molecule has 1 saturated heterocycles. The lowest BCUT2D eigenvalue weighted by Gasteiger charge is -2.19. The first-order valence-electron chi connectivity index (χ1n) is 8.04. The second-order valence-electron chi connectivity index (χ2n) is 6.93. The maximum atomic E-state index is 11.8. The van der Waals surface area contributed by atoms with Gasteiger partial charge in [-0.05, 0) is 46.9 Å². The van der Waals surface area contributed by atoms with Gasteiger partial charge in [0.1, 0.15) is 4.32 Å². The highest BCUT2D eigenvalue weighted by Gasteiger charge is 2.21. The Labute approximate surface area is 157 Å². The van der Waals surface area contributed by atoms with Crippen LogP contribution in [0.3, 0.4) is 0 Å². The minimum atomic E-state index is -0.133. The molecule has 2 aromatic carbocycles. The molecule has 0 aromatic heterocycles. The minimum Gasteiger partial charge on any atom is -0.356 e. The Balaban J connectivity index is 1.77. The highest BCUT2D eigenvalue weighted by Crippen LogP contribution is 2.28. The van der Waals surface area contributed by atoms with E-state index in [0.717, 1.165) is 16.9 Å². The number of rotatable bonds is 3. The number of nitrogens with one attached hydrogen (secondary N) is 2. The summed E-state index contributed by atoms with van der Waals surface area (Å²) in [4.78, 5) is 12.4. The summed E-state index contributed by atoms with van der Waals surface area (Å²) in [5, 5.41) is 6.04. The van der Waals surface area contributed by atoms with Crippen molar-refractivity contribution in [3.63, 3.8) is 0 Å². The Bertz CT molecular complexity index is 849. The molecule has 25 heavy (non-hydrogen) atoms. The lowest BCUT2D eigenvalue weighted by molar-refractivity contribution is -0.115. The molecule has 0 spiro atoms. The Morgan fingerprint density at radius 2 is 1.80 bits per heavy atom. The van der Waals surface area contributed by atoms with Crippen LogP contribution >= 0.6 is 24.0 Å². The SMILES string of the molecule is CC(C)(C)c1ccc(Nc2cccc(C=C3SC(=S)NC3=O)c2)cc1. The molecular formula is C20H20N2OS2. The number of thioether (sulfide) groups is 1. The zero-order valence-corrected chi connectivity index (χ0v) is 16.1. The fourth-order valence-electron chi connectivity index (χ4n) is 2.50. The molecule has 1 fully saturated rings. The lowest BCUT2D eigenvalue weighted by Crippen LogP contribution is -2.17. The molecule has 0 bridgehead atoms. The van der Waals surface area contributed by atoms with Crippen LogP contribution in [0.4, 0.5) is 11.4 Å². The normalized spacial score (nSPS) is 16.2. The van der Waals surface area contributed by atoms with Gasteiger partial charge in [0.15, 0.2) is 0 Å². The number of amides is 1. The molecule has 3 rings (SSSR count). The molecule has 1 heterocycles. The van der Waals surface area contributed by atoms with Crippen molar-refractivity contribution >= 4 is 51.7 Å². The van der Waals surface area contributed by atoms with E-state index >= 15 is 0 Å². The maximum Gasteiger partial charge on any atom is 0.263 e. The van der Waals surface area contributed by atoms with E-state index in [1.807, 2.05) is 30.3 Å². The van der Waals surface area contributed by atoms with E-state index in [4.69, 9.17) is 12.2 Å². The summed E-state index contributed by atoms with van der Waals surface area (Å²) >= 11 is 6.31. The number of hydrogen-bond donors (Lipinski definition) is 2. The third-order valence-electron chi connectivity index (χ3n) is 3.87. The number of hydrogen-bond acceptors (Lipinski definition) is 4. The Morgan fingerprint density at radius 1 is 1.08 bits per heavy atom. The summed E-state index contributed by atoms with van der Waals surface area (Å²) in [6.07, 6.45) is 1.85. The van der Waals surface area contributed by atoms with Crippen molar-refractivity contribution in [2.45, 2.75) is 26.2 Å². The van der Waals surface area contributed by atoms with Gasteiger partial charge in [-0.25, -0.2) is 0 Å². The third kappa shape index (κ3) is 4.50. The summed E-state index contributed by atoms with van der Waals surface area (Å²) in [6, 6.07) is 16.4. The molecule has 0 unspecified atom stereocenters. The molecule has 3 nitrogen and oxygen atoms in total. The molecule has 1 aliphatic rings. The van der Waals surface area contributed by atoms with E-state index in [-0.39, 0.29) is 11.3 Å². The second-order valence-corrected chi connectivity index (χ2v) is 8.65. The van der Waals surface area contributed by atoms with Crippen LogP contribution in [0.5, 0.6) is 0 Å². The maximum absolute atomic E-state index is 11.8. The predicted molar refractivity (Wildman–Crippen MR) is 111 cm³/mol. The molecule has 5 heteroatoms. The average molecular weight is 369 g/mol. The molecule has 1 amide bonds. The van der Waals surface area contributed by atoms with Crippen LogP contribution in [0.2, 0.25) is 0 Å². The fourth-order valence-corrected chi connectivity index (χ4v) is 3.54. The summed E-state index contributed by atoms with van der Waals surface area (Å²) < 4.78 is 0.504. The predicted octanol–water partition coefficient (Wildman–Crippen LogP) is 5.22. The Kier molecular flexibility index (Phi) is 4.97. The molecular weight excluding hydrogens is 348 g/mol. The highest BCUT2D eigenvalue weighted by molar-refractivity contribution is 8.26. The summed E-state index contributed by atoms with van der Waals surface area (Å²) in [7, 11) is 0. The Morgan fingerprint density at radius 3 is 2.40 bits per heavy atom. The van der Waals surface area contributed by atoms with E-state index in [9.17, 15) is 4.79 Å². The first-order chi connectivity index (χ1) is 11.8. The molecule has 0 atom stereocenters. The van der Waals surface area contributed by atoms with Gasteiger partial charge in [0.2, 0.25) is 0 Å². The molecule has 0 radical (unpaired) electrons. The van der Waals surface area contributed by atoms with Gasteiger partial charge in [-0.2, -0.15) is 0 Å². The van der Waals surface area contributed by atoms with E-state index in [2.05, 4.69) is 55.7 Å². The number of anilines is 2. The van der Waals surface area contributed by atoms with Gasteiger partial charge in [0.25, 0.3) is 5.91 Å². The zero-order valence-electron chi connectivity index (χ0n) is 14.4. The van der Waals surface area contributed by atoms with Crippen molar-refractivity contribution in [1.29, 1.82) is 0 Å². The molecule has 0 saturated carbocycles. The van der Waals surface area contributed by atoms with Crippen molar-refractivity contribution < 1.29 is 4.79 Å². The largest absolute Gasteiger partial charge is 0.356 e. The second kappa shape index (κ2) is 7.02. The minimum absolute atomic E-state index is 0.133. The Hall–Kier alpha value is -2.11. The number of carbonyl (C=O) groups is 1. The molecule has 0 aliphatic carbocycles. The van der Waals surface area contributed by atoms with Crippen LogP contribution in [-0.4, -0.2) is 10.2 Å². The van der Waals surface area contributed by atoms with E-state index in [1.165, 1.54) is 17.3 Å². The van der Waals surface area contributed by atoms with Gasteiger partial charge in [-0.3, -0.25) is 4.79 Å². The topological polar surface area (TPSA) is 41.1 Å². The van der Waals surface area contributed by atoms with Crippen LogP contribution in [0.25, 0.3) is 6.08 Å². The average Bonchev–Trinajstić information content (AvgIpc) is 2.85. The van der Waals surface area contributed by atoms with Crippen molar-refractivity contribution in [3.8, 4) is 0 Å². The van der Waals surface area contributed by atoms with Crippen LogP contribution < -0.4 is 10.6 Å². The van der Waals surface area contributed by atoms with Gasteiger partial charge in [0, 0.05) is 11.4 Å². The van der Waals surface area contributed by atoms with E-state index < -0.39 is 0 Å². The molecule has 128 valence electrons. The third-order valence-corrected chi connectivity index (χ3v) is 5.03. The lowest BCUT2D eigenvalue weighted by atomic mass is 9.87. The smallest absolute Gasteiger partial charge is 0.263 e. The first kappa shape index (κ1) is 17.7. The number of benzene rings is 2. The fraction of sp³-hybridized carbons (Fsp3) is 0.200. The van der Waals surface area contributed by atoms with Crippen molar-refractivity contribution in [1.82, 2.24) is 5.32 Å². The molecule has 1 aliphatic heterocycles. The van der Waals surface area contributed by atoms with Gasteiger partial charge in [-0.15, -0.1) is 0 Å². The van der Waals surface area contributed by atoms with Gasteiger partial charge in [0.05, 0.1) is 4.91 Å². The van der Waals surface area contributed by atoms with Crippen LogP contribution in [0.15, 0.2) is 53.4 Å². The number of carbonyl (C=O) groups excluding carboxylic acids is 1. The summed E-state index contributed by atoms with van der Waals surface area (Å²) in [6.45, 7) is 6.61. The summed E-state index contributed by atoms with van der Waals surface area (Å²) in [5.74, 6) is -0.133. The molecule has 2 N–H and O–H groups in total. The van der Waals surface area contributed by atoms with E-state index in [1.54, 1.807) is 0 Å². The van der Waals surface area contributed by atoms with Gasteiger partial charge in [-0.1, -0.05) is 69.0 Å². The highest BCUT2D eigenvalue weighted by atomic mass is 32.2. The molecule has 2 aromatic rings. The summed E-state index contributed by atoms with van der Waals surface area (Å²) in [5.41, 5.74) is 4.41. The number of thiocarbonyl (C=S) groups is 1. The van der Waals surface area contributed by atoms with Crippen LogP contribution in [0, 0.1) is 0 Å². The van der Waals surface area contributed by atoms with Crippen molar-refractivity contribution in [2.24, 2.45) is 0 Å².